The third kappa shape index (κ3) is 5.97. The fourth-order valence-corrected chi connectivity index (χ4v) is 2.21. The first-order valence-electron chi connectivity index (χ1n) is 6.42. The van der Waals surface area contributed by atoms with Crippen LogP contribution in [0.3, 0.4) is 0 Å². The van der Waals surface area contributed by atoms with Gasteiger partial charge in [-0.15, -0.1) is 0 Å². The van der Waals surface area contributed by atoms with Crippen molar-refractivity contribution in [1.29, 1.82) is 0 Å². The molecule has 1 aromatic rings. The Labute approximate surface area is 113 Å². The average molecular weight is 300 g/mol. The average Bonchev–Trinajstić information content (AvgIpc) is 2.30. The predicted octanol–water partition coefficient (Wildman–Crippen LogP) is 4.77. The van der Waals surface area contributed by atoms with Gasteiger partial charge in [0.2, 0.25) is 0 Å². The first kappa shape index (κ1) is 14.4. The number of hydrogen-bond acceptors (Lipinski definition) is 2. The van der Waals surface area contributed by atoms with Crippen molar-refractivity contribution in [2.45, 2.75) is 45.4 Å². The Kier molecular flexibility index (Phi) is 7.10. The van der Waals surface area contributed by atoms with Gasteiger partial charge < -0.3 is 10.5 Å². The number of benzene rings is 1. The highest BCUT2D eigenvalue weighted by Crippen LogP contribution is 2.27. The van der Waals surface area contributed by atoms with E-state index in [-0.39, 0.29) is 0 Å². The number of ether oxygens (including phenoxy) is 1. The molecule has 2 N–H and O–H groups in total. The Balaban J connectivity index is 2.14. The van der Waals surface area contributed by atoms with Gasteiger partial charge in [0.1, 0.15) is 5.75 Å². The molecule has 0 spiro atoms. The Morgan fingerprint density at radius 1 is 1.12 bits per heavy atom. The minimum atomic E-state index is 0.754. The van der Waals surface area contributed by atoms with Crippen LogP contribution in [-0.4, -0.2) is 6.61 Å². The smallest absolute Gasteiger partial charge is 0.133 e. The maximum Gasteiger partial charge on any atom is 0.133 e. The van der Waals surface area contributed by atoms with E-state index in [1.807, 2.05) is 18.2 Å². The standard InChI is InChI=1S/C14H22BrNO/c1-2-3-4-5-6-7-10-17-14-9-8-12(16)11-13(14)15/h8-9,11H,2-7,10,16H2,1H3. The van der Waals surface area contributed by atoms with Crippen LogP contribution < -0.4 is 10.5 Å². The van der Waals surface area contributed by atoms with Gasteiger partial charge in [-0.2, -0.15) is 0 Å². The molecule has 0 bridgehead atoms. The molecule has 0 aliphatic carbocycles. The first-order valence-corrected chi connectivity index (χ1v) is 7.21. The van der Waals surface area contributed by atoms with Crippen molar-refractivity contribution in [2.75, 3.05) is 12.3 Å². The van der Waals surface area contributed by atoms with Gasteiger partial charge in [0.05, 0.1) is 11.1 Å². The second-order valence-corrected chi connectivity index (χ2v) is 5.16. The largest absolute Gasteiger partial charge is 0.492 e. The quantitative estimate of drug-likeness (QED) is 0.554. The fourth-order valence-electron chi connectivity index (χ4n) is 1.70. The van der Waals surface area contributed by atoms with Crippen molar-refractivity contribution in [3.8, 4) is 5.75 Å². The monoisotopic (exact) mass is 299 g/mol. The van der Waals surface area contributed by atoms with Crippen LogP contribution in [0.15, 0.2) is 22.7 Å². The van der Waals surface area contributed by atoms with E-state index in [1.165, 1.54) is 32.1 Å². The van der Waals surface area contributed by atoms with E-state index in [0.29, 0.717) is 0 Å². The molecule has 0 saturated heterocycles. The van der Waals surface area contributed by atoms with Crippen molar-refractivity contribution in [3.05, 3.63) is 22.7 Å². The summed E-state index contributed by atoms with van der Waals surface area (Å²) in [7, 11) is 0. The van der Waals surface area contributed by atoms with E-state index in [2.05, 4.69) is 22.9 Å². The van der Waals surface area contributed by atoms with E-state index < -0.39 is 0 Å². The number of halogens is 1. The van der Waals surface area contributed by atoms with Crippen molar-refractivity contribution in [2.24, 2.45) is 0 Å². The number of rotatable bonds is 8. The molecule has 1 aromatic carbocycles. The van der Waals surface area contributed by atoms with Crippen LogP contribution in [-0.2, 0) is 0 Å². The van der Waals surface area contributed by atoms with Crippen LogP contribution in [0.1, 0.15) is 45.4 Å². The van der Waals surface area contributed by atoms with Crippen LogP contribution in [0.2, 0.25) is 0 Å². The summed E-state index contributed by atoms with van der Waals surface area (Å²) in [5.41, 5.74) is 6.42. The summed E-state index contributed by atoms with van der Waals surface area (Å²) in [6.45, 7) is 3.02. The van der Waals surface area contributed by atoms with E-state index in [0.717, 1.165) is 28.9 Å². The van der Waals surface area contributed by atoms with Crippen LogP contribution in [0.4, 0.5) is 5.69 Å². The summed E-state index contributed by atoms with van der Waals surface area (Å²) in [5, 5.41) is 0. The van der Waals surface area contributed by atoms with Crippen LogP contribution >= 0.6 is 15.9 Å². The molecule has 2 nitrogen and oxygen atoms in total. The SMILES string of the molecule is CCCCCCCCOc1ccc(N)cc1Br. The van der Waals surface area contributed by atoms with E-state index in [4.69, 9.17) is 10.5 Å². The van der Waals surface area contributed by atoms with Crippen LogP contribution in [0.5, 0.6) is 5.75 Å². The lowest BCUT2D eigenvalue weighted by molar-refractivity contribution is 0.302. The molecule has 96 valence electrons. The van der Waals surface area contributed by atoms with Crippen molar-refractivity contribution >= 4 is 21.6 Å². The molecule has 1 rings (SSSR count). The number of anilines is 1. The Morgan fingerprint density at radius 3 is 2.53 bits per heavy atom. The van der Waals surface area contributed by atoms with Gasteiger partial charge in [-0.25, -0.2) is 0 Å². The van der Waals surface area contributed by atoms with E-state index in [1.54, 1.807) is 0 Å². The van der Waals surface area contributed by atoms with Crippen molar-refractivity contribution in [3.63, 3.8) is 0 Å². The molecular formula is C14H22BrNO. The summed E-state index contributed by atoms with van der Waals surface area (Å²) < 4.78 is 6.63. The molecule has 0 aromatic heterocycles. The lowest BCUT2D eigenvalue weighted by Crippen LogP contribution is -1.98. The molecule has 0 heterocycles. The number of unbranched alkanes of at least 4 members (excludes halogenated alkanes) is 5. The summed E-state index contributed by atoms with van der Waals surface area (Å²) in [5.74, 6) is 0.882. The fraction of sp³-hybridized carbons (Fsp3) is 0.571. The zero-order chi connectivity index (χ0) is 12.5. The molecule has 0 fully saturated rings. The summed E-state index contributed by atoms with van der Waals surface area (Å²) in [4.78, 5) is 0. The third-order valence-corrected chi connectivity index (χ3v) is 3.33. The second-order valence-electron chi connectivity index (χ2n) is 4.31. The zero-order valence-corrected chi connectivity index (χ0v) is 12.1. The zero-order valence-electron chi connectivity index (χ0n) is 10.5. The highest BCUT2D eigenvalue weighted by Gasteiger charge is 2.00. The van der Waals surface area contributed by atoms with E-state index in [9.17, 15) is 0 Å². The third-order valence-electron chi connectivity index (χ3n) is 2.71. The Hall–Kier alpha value is -0.700. The van der Waals surface area contributed by atoms with Crippen molar-refractivity contribution < 1.29 is 4.74 Å². The molecule has 0 unspecified atom stereocenters. The predicted molar refractivity (Wildman–Crippen MR) is 77.4 cm³/mol. The van der Waals surface area contributed by atoms with Gasteiger partial charge in [0.15, 0.2) is 0 Å². The summed E-state index contributed by atoms with van der Waals surface area (Å²) >= 11 is 3.45. The maximum absolute atomic E-state index is 5.70. The molecule has 0 aliphatic rings. The normalized spacial score (nSPS) is 10.5. The molecular weight excluding hydrogens is 278 g/mol. The van der Waals surface area contributed by atoms with Crippen LogP contribution in [0.25, 0.3) is 0 Å². The van der Waals surface area contributed by atoms with Gasteiger partial charge in [-0.3, -0.25) is 0 Å². The minimum Gasteiger partial charge on any atom is -0.492 e. The number of hydrogen-bond donors (Lipinski definition) is 1. The second kappa shape index (κ2) is 8.40. The number of nitrogen functional groups attached to an aromatic ring is 1. The Bertz CT molecular complexity index is 328. The topological polar surface area (TPSA) is 35.2 Å². The van der Waals surface area contributed by atoms with Crippen LogP contribution in [0, 0.1) is 0 Å². The molecule has 3 heteroatoms. The van der Waals surface area contributed by atoms with Gasteiger partial charge in [0.25, 0.3) is 0 Å². The van der Waals surface area contributed by atoms with Gasteiger partial charge >= 0.3 is 0 Å². The van der Waals surface area contributed by atoms with E-state index >= 15 is 0 Å². The van der Waals surface area contributed by atoms with Gasteiger partial charge in [-0.05, 0) is 40.5 Å². The first-order chi connectivity index (χ1) is 8.24. The molecule has 17 heavy (non-hydrogen) atoms. The molecule has 0 radical (unpaired) electrons. The molecule has 0 saturated carbocycles. The lowest BCUT2D eigenvalue weighted by Gasteiger charge is -2.08. The summed E-state index contributed by atoms with van der Waals surface area (Å²) in [6, 6.07) is 5.65. The van der Waals surface area contributed by atoms with Crippen molar-refractivity contribution in [1.82, 2.24) is 0 Å². The number of nitrogens with two attached hydrogens (primary N) is 1. The lowest BCUT2D eigenvalue weighted by atomic mass is 10.1. The van der Waals surface area contributed by atoms with Gasteiger partial charge in [0, 0.05) is 5.69 Å². The minimum absolute atomic E-state index is 0.754. The van der Waals surface area contributed by atoms with Gasteiger partial charge in [-0.1, -0.05) is 39.0 Å². The molecule has 0 amide bonds. The Morgan fingerprint density at radius 2 is 1.82 bits per heavy atom. The maximum atomic E-state index is 5.70. The molecule has 0 atom stereocenters. The summed E-state index contributed by atoms with van der Waals surface area (Å²) in [6.07, 6.45) is 7.70. The highest BCUT2D eigenvalue weighted by atomic mass is 79.9. The molecule has 0 aliphatic heterocycles. The highest BCUT2D eigenvalue weighted by molar-refractivity contribution is 9.10.